The van der Waals surface area contributed by atoms with Crippen molar-refractivity contribution in [2.45, 2.75) is 51.1 Å². The van der Waals surface area contributed by atoms with Crippen molar-refractivity contribution in [1.29, 1.82) is 0 Å². The van der Waals surface area contributed by atoms with Gasteiger partial charge in [-0.2, -0.15) is 0 Å². The standard InChI is InChI=1S/C14H21NO3/c1-11(10-12-6-5-9-18-12)15-8-4-3-7-14(15,2)13(16)17/h5-6,9,11H,3-4,7-8,10H2,1-2H3,(H,16,17). The second-order valence-corrected chi connectivity index (χ2v) is 5.36. The number of hydrogen-bond donors (Lipinski definition) is 1. The first-order valence-corrected chi connectivity index (χ1v) is 6.56. The summed E-state index contributed by atoms with van der Waals surface area (Å²) in [7, 11) is 0. The molecule has 0 saturated carbocycles. The van der Waals surface area contributed by atoms with Crippen molar-refractivity contribution in [3.8, 4) is 0 Å². The third kappa shape index (κ3) is 2.43. The summed E-state index contributed by atoms with van der Waals surface area (Å²) in [6.45, 7) is 4.77. The molecule has 0 bridgehead atoms. The van der Waals surface area contributed by atoms with E-state index in [1.807, 2.05) is 19.1 Å². The number of piperidine rings is 1. The summed E-state index contributed by atoms with van der Waals surface area (Å²) < 4.78 is 5.35. The van der Waals surface area contributed by atoms with Gasteiger partial charge in [0.1, 0.15) is 11.3 Å². The Morgan fingerprint density at radius 3 is 3.00 bits per heavy atom. The number of rotatable bonds is 4. The normalized spacial score (nSPS) is 27.0. The number of carbonyl (C=O) groups is 1. The largest absolute Gasteiger partial charge is 0.480 e. The van der Waals surface area contributed by atoms with E-state index in [1.54, 1.807) is 6.26 Å². The second kappa shape index (κ2) is 5.14. The molecule has 1 saturated heterocycles. The molecular weight excluding hydrogens is 230 g/mol. The van der Waals surface area contributed by atoms with Crippen LogP contribution in [0.1, 0.15) is 38.9 Å². The molecule has 0 aliphatic carbocycles. The third-order valence-corrected chi connectivity index (χ3v) is 4.02. The van der Waals surface area contributed by atoms with Gasteiger partial charge in [0, 0.05) is 12.5 Å². The SMILES string of the molecule is CC(Cc1ccco1)N1CCCCC1(C)C(=O)O. The number of hydrogen-bond acceptors (Lipinski definition) is 3. The lowest BCUT2D eigenvalue weighted by Crippen LogP contribution is -2.58. The Labute approximate surface area is 108 Å². The maximum Gasteiger partial charge on any atom is 0.323 e. The first-order chi connectivity index (χ1) is 8.54. The fourth-order valence-corrected chi connectivity index (χ4v) is 2.91. The van der Waals surface area contributed by atoms with E-state index in [1.165, 1.54) is 0 Å². The predicted molar refractivity (Wildman–Crippen MR) is 68.5 cm³/mol. The van der Waals surface area contributed by atoms with E-state index in [0.29, 0.717) is 0 Å². The number of aliphatic carboxylic acids is 1. The maximum atomic E-state index is 11.5. The van der Waals surface area contributed by atoms with Crippen LogP contribution < -0.4 is 0 Å². The van der Waals surface area contributed by atoms with Crippen molar-refractivity contribution in [3.05, 3.63) is 24.2 Å². The summed E-state index contributed by atoms with van der Waals surface area (Å²) in [6.07, 6.45) is 5.22. The highest BCUT2D eigenvalue weighted by Crippen LogP contribution is 2.31. The Bertz CT molecular complexity index is 401. The molecule has 18 heavy (non-hydrogen) atoms. The fourth-order valence-electron chi connectivity index (χ4n) is 2.91. The average Bonchev–Trinajstić information content (AvgIpc) is 2.82. The lowest BCUT2D eigenvalue weighted by Gasteiger charge is -2.45. The van der Waals surface area contributed by atoms with Crippen LogP contribution in [0.3, 0.4) is 0 Å². The topological polar surface area (TPSA) is 53.7 Å². The number of likely N-dealkylation sites (tertiary alicyclic amines) is 1. The Balaban J connectivity index is 2.11. The molecule has 4 nitrogen and oxygen atoms in total. The van der Waals surface area contributed by atoms with E-state index in [-0.39, 0.29) is 6.04 Å². The van der Waals surface area contributed by atoms with Gasteiger partial charge in [-0.05, 0) is 51.8 Å². The molecule has 0 spiro atoms. The van der Waals surface area contributed by atoms with Crippen molar-refractivity contribution in [3.63, 3.8) is 0 Å². The van der Waals surface area contributed by atoms with Gasteiger partial charge >= 0.3 is 5.97 Å². The molecular formula is C14H21NO3. The lowest BCUT2D eigenvalue weighted by atomic mass is 9.86. The molecule has 100 valence electrons. The molecule has 1 aliphatic rings. The van der Waals surface area contributed by atoms with Crippen molar-refractivity contribution < 1.29 is 14.3 Å². The smallest absolute Gasteiger partial charge is 0.323 e. The molecule has 1 N–H and O–H groups in total. The minimum absolute atomic E-state index is 0.178. The van der Waals surface area contributed by atoms with Crippen LogP contribution in [0, 0.1) is 0 Å². The fraction of sp³-hybridized carbons (Fsp3) is 0.643. The van der Waals surface area contributed by atoms with Crippen molar-refractivity contribution in [2.24, 2.45) is 0 Å². The number of nitrogens with zero attached hydrogens (tertiary/aromatic N) is 1. The maximum absolute atomic E-state index is 11.5. The third-order valence-electron chi connectivity index (χ3n) is 4.02. The molecule has 1 aliphatic heterocycles. The molecule has 2 atom stereocenters. The quantitative estimate of drug-likeness (QED) is 0.893. The summed E-state index contributed by atoms with van der Waals surface area (Å²) in [4.78, 5) is 13.6. The Morgan fingerprint density at radius 1 is 1.61 bits per heavy atom. The van der Waals surface area contributed by atoms with Gasteiger partial charge in [0.05, 0.1) is 6.26 Å². The summed E-state index contributed by atoms with van der Waals surface area (Å²) in [5.41, 5.74) is -0.732. The van der Waals surface area contributed by atoms with Crippen LogP contribution in [0.5, 0.6) is 0 Å². The molecule has 0 radical (unpaired) electrons. The highest BCUT2D eigenvalue weighted by Gasteiger charge is 2.43. The van der Waals surface area contributed by atoms with Gasteiger partial charge in [0.2, 0.25) is 0 Å². The van der Waals surface area contributed by atoms with Gasteiger partial charge < -0.3 is 9.52 Å². The van der Waals surface area contributed by atoms with Crippen LogP contribution in [-0.2, 0) is 11.2 Å². The van der Waals surface area contributed by atoms with E-state index >= 15 is 0 Å². The highest BCUT2D eigenvalue weighted by molar-refractivity contribution is 5.78. The molecule has 2 rings (SSSR count). The van der Waals surface area contributed by atoms with Crippen LogP contribution in [0.2, 0.25) is 0 Å². The van der Waals surface area contributed by atoms with Gasteiger partial charge in [-0.1, -0.05) is 0 Å². The van der Waals surface area contributed by atoms with Gasteiger partial charge in [-0.3, -0.25) is 9.69 Å². The Hall–Kier alpha value is -1.29. The molecule has 2 heterocycles. The second-order valence-electron chi connectivity index (χ2n) is 5.36. The molecule has 0 amide bonds. The van der Waals surface area contributed by atoms with E-state index in [2.05, 4.69) is 11.8 Å². The average molecular weight is 251 g/mol. The first-order valence-electron chi connectivity index (χ1n) is 6.56. The monoisotopic (exact) mass is 251 g/mol. The summed E-state index contributed by atoms with van der Waals surface area (Å²) in [5.74, 6) is 0.203. The Morgan fingerprint density at radius 2 is 2.39 bits per heavy atom. The number of carboxylic acid groups (broad SMARTS) is 1. The van der Waals surface area contributed by atoms with Crippen LogP contribution in [-0.4, -0.2) is 34.1 Å². The summed E-state index contributed by atoms with van der Waals surface area (Å²) in [6, 6.07) is 3.99. The first kappa shape index (κ1) is 13.1. The number of carboxylic acids is 1. The van der Waals surface area contributed by atoms with Gasteiger partial charge in [-0.15, -0.1) is 0 Å². The zero-order valence-corrected chi connectivity index (χ0v) is 11.1. The van der Waals surface area contributed by atoms with Crippen molar-refractivity contribution in [1.82, 2.24) is 4.90 Å². The van der Waals surface area contributed by atoms with Gasteiger partial charge in [0.25, 0.3) is 0 Å². The summed E-state index contributed by atoms with van der Waals surface area (Å²) in [5, 5.41) is 9.48. The number of furan rings is 1. The van der Waals surface area contributed by atoms with Crippen LogP contribution >= 0.6 is 0 Å². The van der Waals surface area contributed by atoms with Gasteiger partial charge in [0.15, 0.2) is 0 Å². The van der Waals surface area contributed by atoms with E-state index in [4.69, 9.17) is 4.42 Å². The predicted octanol–water partition coefficient (Wildman–Crippen LogP) is 2.54. The molecule has 1 fully saturated rings. The van der Waals surface area contributed by atoms with Crippen LogP contribution in [0.25, 0.3) is 0 Å². The lowest BCUT2D eigenvalue weighted by molar-refractivity contribution is -0.154. The Kier molecular flexibility index (Phi) is 3.76. The van der Waals surface area contributed by atoms with E-state index in [0.717, 1.165) is 38.0 Å². The van der Waals surface area contributed by atoms with Crippen molar-refractivity contribution in [2.75, 3.05) is 6.54 Å². The summed E-state index contributed by atoms with van der Waals surface area (Å²) >= 11 is 0. The molecule has 0 aromatic carbocycles. The van der Waals surface area contributed by atoms with Crippen molar-refractivity contribution >= 4 is 5.97 Å². The van der Waals surface area contributed by atoms with Gasteiger partial charge in [-0.25, -0.2) is 0 Å². The van der Waals surface area contributed by atoms with E-state index in [9.17, 15) is 9.90 Å². The molecule has 1 aromatic heterocycles. The van der Waals surface area contributed by atoms with E-state index < -0.39 is 11.5 Å². The molecule has 1 aromatic rings. The molecule has 2 unspecified atom stereocenters. The minimum Gasteiger partial charge on any atom is -0.480 e. The van der Waals surface area contributed by atoms with Crippen LogP contribution in [0.15, 0.2) is 22.8 Å². The highest BCUT2D eigenvalue weighted by atomic mass is 16.4. The minimum atomic E-state index is -0.732. The zero-order chi connectivity index (χ0) is 13.2. The molecule has 4 heteroatoms. The van der Waals surface area contributed by atoms with Crippen LogP contribution in [0.4, 0.5) is 0 Å². The zero-order valence-electron chi connectivity index (χ0n) is 11.1.